The lowest BCUT2D eigenvalue weighted by atomic mass is 9.91. The zero-order chi connectivity index (χ0) is 9.97. The van der Waals surface area contributed by atoms with Crippen LogP contribution in [0.1, 0.15) is 36.8 Å². The van der Waals surface area contributed by atoms with Crippen LogP contribution in [0.4, 0.5) is 0 Å². The summed E-state index contributed by atoms with van der Waals surface area (Å²) in [6.07, 6.45) is 3.84. The van der Waals surface area contributed by atoms with E-state index in [1.807, 2.05) is 0 Å². The second-order valence-electron chi connectivity index (χ2n) is 4.51. The van der Waals surface area contributed by atoms with Crippen LogP contribution >= 0.6 is 0 Å². The fourth-order valence-corrected chi connectivity index (χ4v) is 2.47. The molecule has 1 aromatic carbocycles. The number of hydrogen-bond donors (Lipinski definition) is 1. The molecule has 2 rings (SSSR count). The number of aryl methyl sites for hydroxylation is 1. The Morgan fingerprint density at radius 2 is 2.21 bits per heavy atom. The summed E-state index contributed by atoms with van der Waals surface area (Å²) in [4.78, 5) is 0. The SMILES string of the molecule is C[C@@H](CN)CC1CCc2ccccc21. The van der Waals surface area contributed by atoms with Crippen molar-refractivity contribution in [2.45, 2.75) is 32.1 Å². The second kappa shape index (κ2) is 4.14. The van der Waals surface area contributed by atoms with Gasteiger partial charge in [-0.25, -0.2) is 0 Å². The largest absolute Gasteiger partial charge is 0.330 e. The third-order valence-electron chi connectivity index (χ3n) is 3.35. The zero-order valence-electron chi connectivity index (χ0n) is 8.87. The predicted molar refractivity (Wildman–Crippen MR) is 60.3 cm³/mol. The summed E-state index contributed by atoms with van der Waals surface area (Å²) in [6.45, 7) is 3.07. The van der Waals surface area contributed by atoms with Crippen molar-refractivity contribution in [1.29, 1.82) is 0 Å². The van der Waals surface area contributed by atoms with Crippen molar-refractivity contribution in [1.82, 2.24) is 0 Å². The molecule has 0 saturated carbocycles. The van der Waals surface area contributed by atoms with Gasteiger partial charge in [-0.05, 0) is 48.8 Å². The molecule has 2 N–H and O–H groups in total. The highest BCUT2D eigenvalue weighted by Crippen LogP contribution is 2.36. The van der Waals surface area contributed by atoms with Gasteiger partial charge in [0.05, 0.1) is 0 Å². The summed E-state index contributed by atoms with van der Waals surface area (Å²) in [5, 5.41) is 0. The lowest BCUT2D eigenvalue weighted by Gasteiger charge is -2.15. The van der Waals surface area contributed by atoms with Gasteiger partial charge in [-0.2, -0.15) is 0 Å². The quantitative estimate of drug-likeness (QED) is 0.777. The molecular formula is C13H19N. The van der Waals surface area contributed by atoms with E-state index in [9.17, 15) is 0 Å². The molecule has 1 unspecified atom stereocenters. The first-order valence-corrected chi connectivity index (χ1v) is 5.59. The predicted octanol–water partition coefficient (Wildman–Crippen LogP) is 2.70. The van der Waals surface area contributed by atoms with Crippen molar-refractivity contribution in [2.75, 3.05) is 6.54 Å². The fourth-order valence-electron chi connectivity index (χ4n) is 2.47. The summed E-state index contributed by atoms with van der Waals surface area (Å²) in [5.41, 5.74) is 8.80. The number of hydrogen-bond acceptors (Lipinski definition) is 1. The molecule has 0 radical (unpaired) electrons. The Bertz CT molecular complexity index is 306. The van der Waals surface area contributed by atoms with Crippen LogP contribution in [-0.2, 0) is 6.42 Å². The van der Waals surface area contributed by atoms with Crippen LogP contribution in [0.2, 0.25) is 0 Å². The molecule has 1 heteroatoms. The highest BCUT2D eigenvalue weighted by Gasteiger charge is 2.22. The van der Waals surface area contributed by atoms with Crippen molar-refractivity contribution in [3.63, 3.8) is 0 Å². The Balaban J connectivity index is 2.10. The molecule has 0 saturated heterocycles. The molecule has 2 atom stereocenters. The van der Waals surface area contributed by atoms with E-state index in [-0.39, 0.29) is 0 Å². The van der Waals surface area contributed by atoms with Crippen LogP contribution in [0.15, 0.2) is 24.3 Å². The molecule has 1 aromatic rings. The van der Waals surface area contributed by atoms with Gasteiger partial charge in [0.1, 0.15) is 0 Å². The minimum atomic E-state index is 0.658. The highest BCUT2D eigenvalue weighted by molar-refractivity contribution is 5.34. The maximum atomic E-state index is 5.67. The smallest absolute Gasteiger partial charge is 0.00513 e. The second-order valence-corrected chi connectivity index (χ2v) is 4.51. The van der Waals surface area contributed by atoms with E-state index < -0.39 is 0 Å². The van der Waals surface area contributed by atoms with Crippen LogP contribution < -0.4 is 5.73 Å². The van der Waals surface area contributed by atoms with Crippen molar-refractivity contribution in [3.8, 4) is 0 Å². The number of fused-ring (bicyclic) bond motifs is 1. The fraction of sp³-hybridized carbons (Fsp3) is 0.538. The molecule has 0 heterocycles. The van der Waals surface area contributed by atoms with E-state index in [0.29, 0.717) is 5.92 Å². The zero-order valence-corrected chi connectivity index (χ0v) is 8.87. The molecule has 14 heavy (non-hydrogen) atoms. The first-order valence-electron chi connectivity index (χ1n) is 5.59. The first-order chi connectivity index (χ1) is 6.81. The average Bonchev–Trinajstić information content (AvgIpc) is 2.62. The Labute approximate surface area is 86.3 Å². The molecule has 0 spiro atoms. The van der Waals surface area contributed by atoms with E-state index in [0.717, 1.165) is 12.5 Å². The van der Waals surface area contributed by atoms with Crippen molar-refractivity contribution >= 4 is 0 Å². The third-order valence-corrected chi connectivity index (χ3v) is 3.35. The highest BCUT2D eigenvalue weighted by atomic mass is 14.5. The number of benzene rings is 1. The van der Waals surface area contributed by atoms with Crippen LogP contribution in [0.25, 0.3) is 0 Å². The third kappa shape index (κ3) is 1.83. The molecular weight excluding hydrogens is 170 g/mol. The molecule has 1 aliphatic rings. The van der Waals surface area contributed by atoms with Crippen LogP contribution in [0.3, 0.4) is 0 Å². The van der Waals surface area contributed by atoms with Gasteiger partial charge in [-0.15, -0.1) is 0 Å². The molecule has 0 amide bonds. The van der Waals surface area contributed by atoms with Gasteiger partial charge in [-0.3, -0.25) is 0 Å². The Hall–Kier alpha value is -0.820. The summed E-state index contributed by atoms with van der Waals surface area (Å²) < 4.78 is 0. The van der Waals surface area contributed by atoms with Crippen LogP contribution in [-0.4, -0.2) is 6.54 Å². The van der Waals surface area contributed by atoms with Gasteiger partial charge < -0.3 is 5.73 Å². The summed E-state index contributed by atoms with van der Waals surface area (Å²) >= 11 is 0. The molecule has 1 aliphatic carbocycles. The van der Waals surface area contributed by atoms with Gasteiger partial charge in [-0.1, -0.05) is 31.2 Å². The Kier molecular flexibility index (Phi) is 2.87. The molecule has 76 valence electrons. The first kappa shape index (κ1) is 9.72. The maximum Gasteiger partial charge on any atom is -0.00513 e. The van der Waals surface area contributed by atoms with E-state index in [1.165, 1.54) is 19.3 Å². The Morgan fingerprint density at radius 3 is 3.00 bits per heavy atom. The summed E-state index contributed by atoms with van der Waals surface area (Å²) in [6, 6.07) is 8.86. The minimum Gasteiger partial charge on any atom is -0.330 e. The van der Waals surface area contributed by atoms with Gasteiger partial charge in [0.25, 0.3) is 0 Å². The van der Waals surface area contributed by atoms with Crippen molar-refractivity contribution < 1.29 is 0 Å². The van der Waals surface area contributed by atoms with Gasteiger partial charge in [0.15, 0.2) is 0 Å². The number of nitrogens with two attached hydrogens (primary N) is 1. The standard InChI is InChI=1S/C13H19N/c1-10(9-14)8-12-7-6-11-4-2-3-5-13(11)12/h2-5,10,12H,6-9,14H2,1H3/t10-,12?/m1/s1. The summed E-state index contributed by atoms with van der Waals surface area (Å²) in [7, 11) is 0. The molecule has 0 aliphatic heterocycles. The lowest BCUT2D eigenvalue weighted by molar-refractivity contribution is 0.472. The van der Waals surface area contributed by atoms with Gasteiger partial charge >= 0.3 is 0 Å². The normalized spacial score (nSPS) is 22.0. The van der Waals surface area contributed by atoms with Crippen molar-refractivity contribution in [3.05, 3.63) is 35.4 Å². The average molecular weight is 189 g/mol. The molecule has 0 bridgehead atoms. The van der Waals surface area contributed by atoms with E-state index in [1.54, 1.807) is 11.1 Å². The van der Waals surface area contributed by atoms with E-state index >= 15 is 0 Å². The van der Waals surface area contributed by atoms with E-state index in [4.69, 9.17) is 5.73 Å². The molecule has 1 nitrogen and oxygen atoms in total. The monoisotopic (exact) mass is 189 g/mol. The lowest BCUT2D eigenvalue weighted by Crippen LogP contribution is -2.13. The van der Waals surface area contributed by atoms with Crippen LogP contribution in [0, 0.1) is 5.92 Å². The van der Waals surface area contributed by atoms with Gasteiger partial charge in [0.2, 0.25) is 0 Å². The minimum absolute atomic E-state index is 0.658. The van der Waals surface area contributed by atoms with E-state index in [2.05, 4.69) is 31.2 Å². The van der Waals surface area contributed by atoms with Gasteiger partial charge in [0, 0.05) is 0 Å². The summed E-state index contributed by atoms with van der Waals surface area (Å²) in [5.74, 6) is 1.43. The van der Waals surface area contributed by atoms with Crippen LogP contribution in [0.5, 0.6) is 0 Å². The Morgan fingerprint density at radius 1 is 1.43 bits per heavy atom. The maximum absolute atomic E-state index is 5.67. The molecule has 0 fully saturated rings. The topological polar surface area (TPSA) is 26.0 Å². The van der Waals surface area contributed by atoms with Crippen molar-refractivity contribution in [2.24, 2.45) is 11.7 Å². The molecule has 0 aromatic heterocycles. The number of rotatable bonds is 3.